The van der Waals surface area contributed by atoms with Crippen LogP contribution in [0.2, 0.25) is 0 Å². The zero-order valence-corrected chi connectivity index (χ0v) is 14.4. The Morgan fingerprint density at radius 2 is 1.92 bits per heavy atom. The molecule has 0 amide bonds. The van der Waals surface area contributed by atoms with Crippen LogP contribution in [-0.4, -0.2) is 29.9 Å². The summed E-state index contributed by atoms with van der Waals surface area (Å²) in [5, 5.41) is 9.39. The normalized spacial score (nSPS) is 12.6. The number of aryl methyl sites for hydroxylation is 1. The van der Waals surface area contributed by atoms with E-state index in [4.69, 9.17) is 0 Å². The summed E-state index contributed by atoms with van der Waals surface area (Å²) >= 11 is 0. The lowest BCUT2D eigenvalue weighted by atomic mass is 10.2. The zero-order valence-electron chi connectivity index (χ0n) is 14.4. The maximum Gasteiger partial charge on any atom is 0.332 e. The molecule has 0 aliphatic heterocycles. The molecule has 7 nitrogen and oxygen atoms in total. The largest absolute Gasteiger partial charge is 0.393 e. The lowest BCUT2D eigenvalue weighted by Gasteiger charge is -2.10. The minimum atomic E-state index is -0.452. The Morgan fingerprint density at radius 1 is 1.20 bits per heavy atom. The molecule has 0 radical (unpaired) electrons. The van der Waals surface area contributed by atoms with Crippen molar-refractivity contribution in [2.45, 2.75) is 39.0 Å². The Morgan fingerprint density at radius 3 is 2.60 bits per heavy atom. The van der Waals surface area contributed by atoms with Crippen molar-refractivity contribution in [3.63, 3.8) is 0 Å². The fourth-order valence-electron chi connectivity index (χ4n) is 2.96. The number of nitrogens with zero attached hydrogens (tertiary/aromatic N) is 4. The standard InChI is InChI=1S/C18H22N4O3/c1-13(23)7-6-10-22-17(24)15-16(20(2)18(22)25)19-12-21(15)11-14-8-4-3-5-9-14/h3-5,8-9,12-13,23H,6-7,10-11H2,1-2H3. The van der Waals surface area contributed by atoms with E-state index >= 15 is 0 Å². The van der Waals surface area contributed by atoms with E-state index in [9.17, 15) is 14.7 Å². The molecule has 2 aromatic heterocycles. The molecule has 3 rings (SSSR count). The second-order valence-corrected chi connectivity index (χ2v) is 6.32. The van der Waals surface area contributed by atoms with E-state index in [0.29, 0.717) is 30.6 Å². The third kappa shape index (κ3) is 3.41. The molecular weight excluding hydrogens is 320 g/mol. The third-order valence-electron chi connectivity index (χ3n) is 4.30. The zero-order chi connectivity index (χ0) is 18.0. The predicted octanol–water partition coefficient (Wildman–Crippen LogP) is 1.11. The van der Waals surface area contributed by atoms with Gasteiger partial charge in [0.15, 0.2) is 11.2 Å². The van der Waals surface area contributed by atoms with Crippen molar-refractivity contribution in [1.29, 1.82) is 0 Å². The number of rotatable bonds is 6. The van der Waals surface area contributed by atoms with Gasteiger partial charge in [0.05, 0.1) is 12.4 Å². The first-order chi connectivity index (χ1) is 12.0. The molecule has 1 aromatic carbocycles. The quantitative estimate of drug-likeness (QED) is 0.727. The molecule has 0 fully saturated rings. The van der Waals surface area contributed by atoms with Crippen LogP contribution in [0, 0.1) is 0 Å². The average molecular weight is 342 g/mol. The van der Waals surface area contributed by atoms with Gasteiger partial charge in [-0.2, -0.15) is 0 Å². The Bertz CT molecular complexity index is 983. The molecule has 0 aliphatic carbocycles. The van der Waals surface area contributed by atoms with E-state index in [0.717, 1.165) is 5.56 Å². The van der Waals surface area contributed by atoms with Crippen molar-refractivity contribution in [3.05, 3.63) is 63.1 Å². The van der Waals surface area contributed by atoms with Crippen LogP contribution in [0.25, 0.3) is 11.2 Å². The topological polar surface area (TPSA) is 82.1 Å². The predicted molar refractivity (Wildman–Crippen MR) is 95.7 cm³/mol. The van der Waals surface area contributed by atoms with Gasteiger partial charge in [-0.25, -0.2) is 9.78 Å². The number of hydrogen-bond acceptors (Lipinski definition) is 4. The number of aliphatic hydroxyl groups is 1. The molecule has 0 saturated heterocycles. The Labute approximate surface area is 144 Å². The molecule has 1 unspecified atom stereocenters. The summed E-state index contributed by atoms with van der Waals surface area (Å²) in [6, 6.07) is 9.79. The van der Waals surface area contributed by atoms with Gasteiger partial charge in [-0.15, -0.1) is 0 Å². The first-order valence-corrected chi connectivity index (χ1v) is 8.35. The molecular formula is C18H22N4O3. The van der Waals surface area contributed by atoms with Gasteiger partial charge in [-0.3, -0.25) is 13.9 Å². The molecule has 25 heavy (non-hydrogen) atoms. The summed E-state index contributed by atoms with van der Waals surface area (Å²) in [6.07, 6.45) is 2.24. The highest BCUT2D eigenvalue weighted by atomic mass is 16.3. The van der Waals surface area contributed by atoms with Crippen molar-refractivity contribution in [1.82, 2.24) is 18.7 Å². The number of aromatic nitrogens is 4. The second-order valence-electron chi connectivity index (χ2n) is 6.32. The molecule has 2 heterocycles. The Balaban J connectivity index is 2.05. The third-order valence-corrected chi connectivity index (χ3v) is 4.30. The molecule has 132 valence electrons. The molecule has 7 heteroatoms. The van der Waals surface area contributed by atoms with Crippen LogP contribution in [0.3, 0.4) is 0 Å². The molecule has 0 saturated carbocycles. The van der Waals surface area contributed by atoms with Crippen molar-refractivity contribution in [2.75, 3.05) is 0 Å². The summed E-state index contributed by atoms with van der Waals surface area (Å²) in [5.74, 6) is 0. The fraction of sp³-hybridized carbons (Fsp3) is 0.389. The molecule has 0 bridgehead atoms. The smallest absolute Gasteiger partial charge is 0.332 e. The number of hydrogen-bond donors (Lipinski definition) is 1. The van der Waals surface area contributed by atoms with Crippen molar-refractivity contribution < 1.29 is 5.11 Å². The van der Waals surface area contributed by atoms with Crippen LogP contribution < -0.4 is 11.2 Å². The lowest BCUT2D eigenvalue weighted by molar-refractivity contribution is 0.179. The summed E-state index contributed by atoms with van der Waals surface area (Å²) < 4.78 is 4.41. The summed E-state index contributed by atoms with van der Waals surface area (Å²) in [7, 11) is 1.62. The second kappa shape index (κ2) is 7.06. The highest BCUT2D eigenvalue weighted by Crippen LogP contribution is 2.10. The Kier molecular flexibility index (Phi) is 4.85. The maximum atomic E-state index is 12.9. The first kappa shape index (κ1) is 17.2. The van der Waals surface area contributed by atoms with Gasteiger partial charge in [-0.1, -0.05) is 30.3 Å². The van der Waals surface area contributed by atoms with Crippen LogP contribution in [0.1, 0.15) is 25.3 Å². The van der Waals surface area contributed by atoms with Crippen LogP contribution in [0.4, 0.5) is 0 Å². The van der Waals surface area contributed by atoms with E-state index in [2.05, 4.69) is 4.98 Å². The summed E-state index contributed by atoms with van der Waals surface area (Å²) in [4.78, 5) is 29.6. The van der Waals surface area contributed by atoms with Crippen molar-refractivity contribution in [3.8, 4) is 0 Å². The van der Waals surface area contributed by atoms with Gasteiger partial charge >= 0.3 is 5.69 Å². The SMILES string of the molecule is CC(O)CCCn1c(=O)c2c(ncn2Cc2ccccc2)n(C)c1=O. The van der Waals surface area contributed by atoms with Gasteiger partial charge in [0.25, 0.3) is 5.56 Å². The van der Waals surface area contributed by atoms with E-state index < -0.39 is 6.10 Å². The molecule has 0 spiro atoms. The van der Waals surface area contributed by atoms with E-state index in [-0.39, 0.29) is 17.8 Å². The van der Waals surface area contributed by atoms with Gasteiger partial charge < -0.3 is 9.67 Å². The minimum absolute atomic E-state index is 0.281. The number of imidazole rings is 1. The highest BCUT2D eigenvalue weighted by Gasteiger charge is 2.16. The molecule has 1 N–H and O–H groups in total. The van der Waals surface area contributed by atoms with Crippen molar-refractivity contribution in [2.24, 2.45) is 7.05 Å². The number of benzene rings is 1. The van der Waals surface area contributed by atoms with E-state index in [1.165, 1.54) is 9.13 Å². The van der Waals surface area contributed by atoms with Crippen LogP contribution >= 0.6 is 0 Å². The van der Waals surface area contributed by atoms with Crippen LogP contribution in [0.5, 0.6) is 0 Å². The maximum absolute atomic E-state index is 12.9. The Hall–Kier alpha value is -2.67. The van der Waals surface area contributed by atoms with Gasteiger partial charge in [-0.05, 0) is 25.3 Å². The van der Waals surface area contributed by atoms with Crippen LogP contribution in [0.15, 0.2) is 46.2 Å². The van der Waals surface area contributed by atoms with Crippen LogP contribution in [-0.2, 0) is 20.1 Å². The molecule has 0 aliphatic rings. The van der Waals surface area contributed by atoms with E-state index in [1.54, 1.807) is 24.9 Å². The van der Waals surface area contributed by atoms with Gasteiger partial charge in [0.2, 0.25) is 0 Å². The number of fused-ring (bicyclic) bond motifs is 1. The fourth-order valence-corrected chi connectivity index (χ4v) is 2.96. The molecule has 3 aromatic rings. The average Bonchev–Trinajstić information content (AvgIpc) is 3.00. The minimum Gasteiger partial charge on any atom is -0.393 e. The number of aliphatic hydroxyl groups excluding tert-OH is 1. The summed E-state index contributed by atoms with van der Waals surface area (Å²) in [5.41, 5.74) is 1.14. The van der Waals surface area contributed by atoms with Crippen molar-refractivity contribution >= 4 is 11.2 Å². The lowest BCUT2D eigenvalue weighted by Crippen LogP contribution is -2.39. The first-order valence-electron chi connectivity index (χ1n) is 8.35. The summed E-state index contributed by atoms with van der Waals surface area (Å²) in [6.45, 7) is 2.49. The monoisotopic (exact) mass is 342 g/mol. The highest BCUT2D eigenvalue weighted by molar-refractivity contribution is 5.70. The molecule has 1 atom stereocenters. The van der Waals surface area contributed by atoms with E-state index in [1.807, 2.05) is 30.3 Å². The van der Waals surface area contributed by atoms with Gasteiger partial charge in [0.1, 0.15) is 0 Å². The van der Waals surface area contributed by atoms with Gasteiger partial charge in [0, 0.05) is 20.1 Å².